The van der Waals surface area contributed by atoms with E-state index in [4.69, 9.17) is 0 Å². The number of nitrogens with one attached hydrogen (secondary N) is 1. The Morgan fingerprint density at radius 1 is 1.44 bits per heavy atom. The third-order valence-corrected chi connectivity index (χ3v) is 3.87. The van der Waals surface area contributed by atoms with E-state index in [1.54, 1.807) is 0 Å². The van der Waals surface area contributed by atoms with E-state index in [0.717, 1.165) is 25.6 Å². The van der Waals surface area contributed by atoms with Crippen LogP contribution in [-0.4, -0.2) is 37.5 Å². The Morgan fingerprint density at radius 2 is 2.19 bits per heavy atom. The fourth-order valence-corrected chi connectivity index (χ4v) is 2.71. The van der Waals surface area contributed by atoms with Gasteiger partial charge in [0.05, 0.1) is 6.54 Å². The first-order valence-corrected chi connectivity index (χ1v) is 6.25. The van der Waals surface area contributed by atoms with Crippen LogP contribution in [0, 0.1) is 5.41 Å². The third-order valence-electron chi connectivity index (χ3n) is 3.87. The number of hydrogen-bond acceptors (Lipinski definition) is 3. The van der Waals surface area contributed by atoms with Crippen LogP contribution in [-0.2, 0) is 0 Å². The van der Waals surface area contributed by atoms with Gasteiger partial charge in [-0.25, -0.2) is 0 Å². The monoisotopic (exact) mass is 337 g/mol. The van der Waals surface area contributed by atoms with E-state index in [1.165, 1.54) is 32.1 Å². The lowest BCUT2D eigenvalue weighted by atomic mass is 9.66. The van der Waals surface area contributed by atoms with Gasteiger partial charge in [0.25, 0.3) is 0 Å². The second kappa shape index (κ2) is 6.07. The molecule has 0 amide bonds. The second-order valence-corrected chi connectivity index (χ2v) is 5.08. The largest absolute Gasteiger partial charge is 0.356 e. The predicted octanol–water partition coefficient (Wildman–Crippen LogP) is 2.47. The molecule has 3 nitrogen and oxygen atoms in total. The van der Waals surface area contributed by atoms with Crippen LogP contribution in [0.5, 0.6) is 0 Å². The van der Waals surface area contributed by atoms with Gasteiger partial charge in [-0.1, -0.05) is 19.8 Å². The van der Waals surface area contributed by atoms with Gasteiger partial charge >= 0.3 is 0 Å². The molecular weight excluding hydrogens is 313 g/mol. The average molecular weight is 337 g/mol. The van der Waals surface area contributed by atoms with E-state index in [2.05, 4.69) is 29.2 Å². The van der Waals surface area contributed by atoms with E-state index in [1.807, 2.05) is 0 Å². The Hall–Kier alpha value is 0. The summed E-state index contributed by atoms with van der Waals surface area (Å²) in [6, 6.07) is 0. The first kappa shape index (κ1) is 14.1. The summed E-state index contributed by atoms with van der Waals surface area (Å²) in [6.45, 7) is 5.45. The molecule has 0 aromatic carbocycles. The summed E-state index contributed by atoms with van der Waals surface area (Å²) in [7, 11) is 2.12. The Morgan fingerprint density at radius 3 is 2.62 bits per heavy atom. The van der Waals surface area contributed by atoms with Gasteiger partial charge in [0.2, 0.25) is 0 Å². The van der Waals surface area contributed by atoms with Crippen LogP contribution < -0.4 is 5.32 Å². The summed E-state index contributed by atoms with van der Waals surface area (Å²) in [4.78, 5) is 6.69. The highest BCUT2D eigenvalue weighted by Gasteiger charge is 2.36. The van der Waals surface area contributed by atoms with Gasteiger partial charge in [0.1, 0.15) is 0 Å². The molecule has 2 aliphatic rings. The van der Waals surface area contributed by atoms with Crippen LogP contribution in [0.4, 0.5) is 0 Å². The molecule has 16 heavy (non-hydrogen) atoms. The zero-order valence-corrected chi connectivity index (χ0v) is 12.8. The van der Waals surface area contributed by atoms with Gasteiger partial charge in [0.15, 0.2) is 5.96 Å². The van der Waals surface area contributed by atoms with E-state index in [9.17, 15) is 0 Å². The lowest BCUT2D eigenvalue weighted by Crippen LogP contribution is -2.45. The van der Waals surface area contributed by atoms with Crippen molar-refractivity contribution in [1.29, 1.82) is 0 Å². The number of hydrogen-bond donors (Lipinski definition) is 1. The molecule has 1 N–H and O–H groups in total. The summed E-state index contributed by atoms with van der Waals surface area (Å²) >= 11 is 0. The highest BCUT2D eigenvalue weighted by molar-refractivity contribution is 14.0. The maximum atomic E-state index is 4.47. The minimum atomic E-state index is 0. The van der Waals surface area contributed by atoms with Gasteiger partial charge in [-0.15, -0.1) is 24.0 Å². The van der Waals surface area contributed by atoms with E-state index >= 15 is 0 Å². The third kappa shape index (κ3) is 3.02. The number of halogens is 1. The summed E-state index contributed by atoms with van der Waals surface area (Å²) in [6.07, 6.45) is 6.92. The lowest BCUT2D eigenvalue weighted by Gasteiger charge is -2.42. The Kier molecular flexibility index (Phi) is 5.34. The molecule has 0 unspecified atom stereocenters. The smallest absolute Gasteiger partial charge is 0.193 e. The molecule has 1 saturated carbocycles. The molecule has 4 heteroatoms. The van der Waals surface area contributed by atoms with E-state index in [-0.39, 0.29) is 24.0 Å². The molecule has 1 aliphatic carbocycles. The van der Waals surface area contributed by atoms with Crippen molar-refractivity contribution in [2.45, 2.75) is 39.0 Å². The average Bonchev–Trinajstić information content (AvgIpc) is 2.56. The number of aliphatic imine (C=N–C) groups is 1. The molecule has 1 fully saturated rings. The van der Waals surface area contributed by atoms with Crippen molar-refractivity contribution in [3.05, 3.63) is 0 Å². The van der Waals surface area contributed by atoms with Gasteiger partial charge in [-0.2, -0.15) is 0 Å². The van der Waals surface area contributed by atoms with Crippen LogP contribution >= 0.6 is 24.0 Å². The van der Waals surface area contributed by atoms with Gasteiger partial charge < -0.3 is 10.2 Å². The minimum Gasteiger partial charge on any atom is -0.356 e. The highest BCUT2D eigenvalue weighted by Crippen LogP contribution is 2.44. The lowest BCUT2D eigenvalue weighted by molar-refractivity contribution is 0.122. The van der Waals surface area contributed by atoms with Crippen molar-refractivity contribution in [3.8, 4) is 0 Å². The van der Waals surface area contributed by atoms with Gasteiger partial charge in [-0.3, -0.25) is 4.99 Å². The van der Waals surface area contributed by atoms with Crippen LogP contribution in [0.25, 0.3) is 0 Å². The molecule has 0 atom stereocenters. The molecule has 0 bridgehead atoms. The minimum absolute atomic E-state index is 0. The fraction of sp³-hybridized carbons (Fsp3) is 0.917. The van der Waals surface area contributed by atoms with Crippen LogP contribution in [0.3, 0.4) is 0 Å². The topological polar surface area (TPSA) is 27.6 Å². The molecule has 0 aromatic rings. The maximum Gasteiger partial charge on any atom is 0.193 e. The summed E-state index contributed by atoms with van der Waals surface area (Å²) in [5.74, 6) is 1.11. The summed E-state index contributed by atoms with van der Waals surface area (Å²) < 4.78 is 0. The van der Waals surface area contributed by atoms with Crippen molar-refractivity contribution >= 4 is 29.9 Å². The SMILES string of the molecule is CCCC1(CNC2=NCCN2C)CCC1.I. The van der Waals surface area contributed by atoms with Crippen molar-refractivity contribution in [2.24, 2.45) is 10.4 Å². The number of likely N-dealkylation sites (N-methyl/N-ethyl adjacent to an activating group) is 1. The first-order valence-electron chi connectivity index (χ1n) is 6.25. The molecule has 0 aromatic heterocycles. The molecule has 0 radical (unpaired) electrons. The maximum absolute atomic E-state index is 4.47. The van der Waals surface area contributed by atoms with Gasteiger partial charge in [0, 0.05) is 20.1 Å². The Bertz CT molecular complexity index is 249. The van der Waals surface area contributed by atoms with Crippen LogP contribution in [0.2, 0.25) is 0 Å². The molecule has 94 valence electrons. The summed E-state index contributed by atoms with van der Waals surface area (Å²) in [5.41, 5.74) is 0.598. The molecular formula is C12H24IN3. The number of rotatable bonds is 4. The van der Waals surface area contributed by atoms with Crippen molar-refractivity contribution < 1.29 is 0 Å². The Labute approximate surface area is 116 Å². The number of guanidine groups is 1. The molecule has 2 rings (SSSR count). The molecule has 0 saturated heterocycles. The zero-order valence-electron chi connectivity index (χ0n) is 10.5. The standard InChI is InChI=1S/C12H23N3.HI/c1-3-5-12(6-4-7-12)10-14-11-13-8-9-15(11)2;/h3-10H2,1-2H3,(H,13,14);1H. The first-order chi connectivity index (χ1) is 7.26. The summed E-state index contributed by atoms with van der Waals surface area (Å²) in [5, 5.41) is 3.53. The van der Waals surface area contributed by atoms with Crippen molar-refractivity contribution in [3.63, 3.8) is 0 Å². The number of nitrogens with zero attached hydrogens (tertiary/aromatic N) is 2. The van der Waals surface area contributed by atoms with Crippen molar-refractivity contribution in [1.82, 2.24) is 10.2 Å². The fourth-order valence-electron chi connectivity index (χ4n) is 2.71. The van der Waals surface area contributed by atoms with Gasteiger partial charge in [-0.05, 0) is 24.7 Å². The second-order valence-electron chi connectivity index (χ2n) is 5.08. The highest BCUT2D eigenvalue weighted by atomic mass is 127. The van der Waals surface area contributed by atoms with E-state index in [0.29, 0.717) is 5.41 Å². The normalized spacial score (nSPS) is 22.1. The Balaban J connectivity index is 0.00000128. The molecule has 1 heterocycles. The molecule has 0 spiro atoms. The van der Waals surface area contributed by atoms with Crippen LogP contribution in [0.15, 0.2) is 4.99 Å². The van der Waals surface area contributed by atoms with Crippen molar-refractivity contribution in [2.75, 3.05) is 26.7 Å². The van der Waals surface area contributed by atoms with Crippen LogP contribution in [0.1, 0.15) is 39.0 Å². The quantitative estimate of drug-likeness (QED) is 0.798. The van der Waals surface area contributed by atoms with E-state index < -0.39 is 0 Å². The predicted molar refractivity (Wildman–Crippen MR) is 79.5 cm³/mol. The molecule has 1 aliphatic heterocycles. The zero-order chi connectivity index (χ0) is 10.7.